The fourth-order valence-corrected chi connectivity index (χ4v) is 1.35. The van der Waals surface area contributed by atoms with Crippen molar-refractivity contribution in [3.63, 3.8) is 0 Å². The van der Waals surface area contributed by atoms with Crippen molar-refractivity contribution in [2.24, 2.45) is 5.73 Å². The van der Waals surface area contributed by atoms with E-state index < -0.39 is 48.5 Å². The van der Waals surface area contributed by atoms with Crippen molar-refractivity contribution in [2.75, 3.05) is 6.54 Å². The third kappa shape index (κ3) is 7.84. The Hall–Kier alpha value is -2.20. The molecule has 0 fully saturated rings. The Labute approximate surface area is 120 Å². The quantitative estimate of drug-likeness (QED) is 0.265. The van der Waals surface area contributed by atoms with Crippen molar-refractivity contribution in [3.05, 3.63) is 0 Å². The molecule has 0 aliphatic rings. The van der Waals surface area contributed by atoms with Crippen LogP contribution in [0.2, 0.25) is 0 Å². The lowest BCUT2D eigenvalue weighted by Gasteiger charge is -2.22. The van der Waals surface area contributed by atoms with Crippen LogP contribution in [0.15, 0.2) is 0 Å². The third-order valence-electron chi connectivity index (χ3n) is 2.48. The van der Waals surface area contributed by atoms with Crippen LogP contribution in [-0.2, 0) is 19.2 Å². The second-order valence-electron chi connectivity index (χ2n) is 4.38. The number of nitrogens with two attached hydrogens (primary N) is 1. The van der Waals surface area contributed by atoms with Crippen LogP contribution < -0.4 is 16.4 Å². The smallest absolute Gasteiger partial charge is 0.322 e. The molecule has 0 aromatic rings. The molecule has 10 heteroatoms. The lowest BCUT2D eigenvalue weighted by Crippen LogP contribution is -2.56. The van der Waals surface area contributed by atoms with E-state index in [2.05, 4.69) is 5.32 Å². The van der Waals surface area contributed by atoms with E-state index in [0.29, 0.717) is 0 Å². The van der Waals surface area contributed by atoms with E-state index in [1.54, 1.807) is 0 Å². The van der Waals surface area contributed by atoms with Gasteiger partial charge in [0.15, 0.2) is 0 Å². The summed E-state index contributed by atoms with van der Waals surface area (Å²) >= 11 is 0. The molecule has 2 amide bonds. The number of carboxylic acids is 2. The molecule has 0 radical (unpaired) electrons. The monoisotopic (exact) mass is 305 g/mol. The number of nitrogens with one attached hydrogen (secondary N) is 2. The van der Waals surface area contributed by atoms with E-state index in [-0.39, 0.29) is 12.8 Å². The van der Waals surface area contributed by atoms with Gasteiger partial charge < -0.3 is 31.7 Å². The van der Waals surface area contributed by atoms with Crippen molar-refractivity contribution in [1.29, 1.82) is 0 Å². The van der Waals surface area contributed by atoms with E-state index in [1.807, 2.05) is 5.32 Å². The zero-order chi connectivity index (χ0) is 16.6. The number of hydrogen-bond acceptors (Lipinski definition) is 6. The lowest BCUT2D eigenvalue weighted by atomic mass is 10.1. The minimum absolute atomic E-state index is 0.134. The molecule has 0 bridgehead atoms. The van der Waals surface area contributed by atoms with Crippen LogP contribution in [-0.4, -0.2) is 63.8 Å². The molecule has 0 heterocycles. The summed E-state index contributed by atoms with van der Waals surface area (Å²) in [7, 11) is 0. The first-order valence-electron chi connectivity index (χ1n) is 6.10. The Balaban J connectivity index is 4.55. The highest BCUT2D eigenvalue weighted by atomic mass is 16.4. The molecule has 21 heavy (non-hydrogen) atoms. The van der Waals surface area contributed by atoms with E-state index in [4.69, 9.17) is 15.9 Å². The zero-order valence-electron chi connectivity index (χ0n) is 11.4. The SMILES string of the molecule is C[C@@H](O)[C@H](NC(=O)[C@@H](N)CCC(=O)O)C(=O)NCC(=O)O. The number of aliphatic carboxylic acids is 2. The molecule has 0 saturated carbocycles. The maximum atomic E-state index is 11.7. The summed E-state index contributed by atoms with van der Waals surface area (Å²) in [5.41, 5.74) is 5.45. The predicted molar refractivity (Wildman–Crippen MR) is 69.1 cm³/mol. The number of aliphatic hydroxyl groups is 1. The number of hydrogen-bond donors (Lipinski definition) is 6. The molecular formula is C11H19N3O7. The van der Waals surface area contributed by atoms with Gasteiger partial charge in [-0.1, -0.05) is 0 Å². The van der Waals surface area contributed by atoms with Crippen molar-refractivity contribution < 1.29 is 34.5 Å². The molecule has 120 valence electrons. The molecule has 0 spiro atoms. The minimum atomic E-state index is -1.38. The summed E-state index contributed by atoms with van der Waals surface area (Å²) in [5, 5.41) is 30.5. The Bertz CT molecular complexity index is 411. The number of carbonyl (C=O) groups is 4. The van der Waals surface area contributed by atoms with Crippen LogP contribution in [0.1, 0.15) is 19.8 Å². The zero-order valence-corrected chi connectivity index (χ0v) is 11.4. The van der Waals surface area contributed by atoms with Gasteiger partial charge in [-0.2, -0.15) is 0 Å². The highest BCUT2D eigenvalue weighted by Crippen LogP contribution is 1.99. The van der Waals surface area contributed by atoms with Crippen LogP contribution in [0.25, 0.3) is 0 Å². The molecule has 0 aliphatic heterocycles. The van der Waals surface area contributed by atoms with E-state index >= 15 is 0 Å². The molecule has 7 N–H and O–H groups in total. The minimum Gasteiger partial charge on any atom is -0.481 e. The molecule has 10 nitrogen and oxygen atoms in total. The van der Waals surface area contributed by atoms with Gasteiger partial charge in [0, 0.05) is 6.42 Å². The number of amides is 2. The van der Waals surface area contributed by atoms with Gasteiger partial charge in [0.2, 0.25) is 11.8 Å². The van der Waals surface area contributed by atoms with Gasteiger partial charge in [0.1, 0.15) is 12.6 Å². The summed E-state index contributed by atoms with van der Waals surface area (Å²) in [4.78, 5) is 44.0. The summed E-state index contributed by atoms with van der Waals surface area (Å²) in [6.45, 7) is 0.567. The largest absolute Gasteiger partial charge is 0.481 e. The van der Waals surface area contributed by atoms with Crippen molar-refractivity contribution >= 4 is 23.8 Å². The standard InChI is InChI=1S/C11H19N3O7/c1-5(15)9(11(21)13-4-8(18)19)14-10(20)6(12)2-3-7(16)17/h5-6,9,15H,2-4,12H2,1H3,(H,13,21)(H,14,20)(H,16,17)(H,18,19)/t5-,6+,9+/m1/s1. The normalized spacial score (nSPS) is 14.6. The number of carboxylic acid groups (broad SMARTS) is 2. The Morgan fingerprint density at radius 2 is 1.67 bits per heavy atom. The molecule has 0 aromatic heterocycles. The molecule has 3 atom stereocenters. The first kappa shape index (κ1) is 18.8. The van der Waals surface area contributed by atoms with Crippen LogP contribution in [0, 0.1) is 0 Å². The molecule has 0 rings (SSSR count). The van der Waals surface area contributed by atoms with E-state index in [0.717, 1.165) is 0 Å². The average Bonchev–Trinajstić information content (AvgIpc) is 2.38. The van der Waals surface area contributed by atoms with Crippen molar-refractivity contribution in [1.82, 2.24) is 10.6 Å². The summed E-state index contributed by atoms with van der Waals surface area (Å²) in [6.07, 6.45) is -1.74. The van der Waals surface area contributed by atoms with Gasteiger partial charge in [-0.15, -0.1) is 0 Å². The summed E-state index contributed by atoms with van der Waals surface area (Å²) < 4.78 is 0. The number of rotatable bonds is 9. The summed E-state index contributed by atoms with van der Waals surface area (Å²) in [5.74, 6) is -4.10. The Morgan fingerprint density at radius 3 is 2.10 bits per heavy atom. The predicted octanol–water partition coefficient (Wildman–Crippen LogP) is -2.76. The van der Waals surface area contributed by atoms with Crippen LogP contribution in [0.3, 0.4) is 0 Å². The van der Waals surface area contributed by atoms with Gasteiger partial charge in [-0.25, -0.2) is 0 Å². The van der Waals surface area contributed by atoms with Crippen LogP contribution >= 0.6 is 0 Å². The second kappa shape index (κ2) is 8.87. The molecule has 0 aromatic carbocycles. The van der Waals surface area contributed by atoms with Gasteiger partial charge in [0.25, 0.3) is 0 Å². The lowest BCUT2D eigenvalue weighted by molar-refractivity contribution is -0.139. The fraction of sp³-hybridized carbons (Fsp3) is 0.636. The number of carbonyl (C=O) groups excluding carboxylic acids is 2. The van der Waals surface area contributed by atoms with Gasteiger partial charge >= 0.3 is 11.9 Å². The Kier molecular flexibility index (Phi) is 7.94. The maximum Gasteiger partial charge on any atom is 0.322 e. The topological polar surface area (TPSA) is 179 Å². The summed E-state index contributed by atoms with van der Waals surface area (Å²) in [6, 6.07) is -2.54. The number of aliphatic hydroxyl groups excluding tert-OH is 1. The maximum absolute atomic E-state index is 11.7. The average molecular weight is 305 g/mol. The fourth-order valence-electron chi connectivity index (χ4n) is 1.35. The molecule has 0 unspecified atom stereocenters. The van der Waals surface area contributed by atoms with Crippen LogP contribution in [0.4, 0.5) is 0 Å². The highest BCUT2D eigenvalue weighted by molar-refractivity contribution is 5.91. The van der Waals surface area contributed by atoms with E-state index in [9.17, 15) is 24.3 Å². The first-order chi connectivity index (χ1) is 9.65. The molecule has 0 saturated heterocycles. The first-order valence-corrected chi connectivity index (χ1v) is 6.10. The van der Waals surface area contributed by atoms with Crippen molar-refractivity contribution in [3.8, 4) is 0 Å². The van der Waals surface area contributed by atoms with Gasteiger partial charge in [-0.05, 0) is 13.3 Å². The van der Waals surface area contributed by atoms with Gasteiger partial charge in [-0.3, -0.25) is 19.2 Å². The highest BCUT2D eigenvalue weighted by Gasteiger charge is 2.27. The Morgan fingerprint density at radius 1 is 1.10 bits per heavy atom. The van der Waals surface area contributed by atoms with Crippen LogP contribution in [0.5, 0.6) is 0 Å². The third-order valence-corrected chi connectivity index (χ3v) is 2.48. The molecule has 0 aliphatic carbocycles. The van der Waals surface area contributed by atoms with Crippen molar-refractivity contribution in [2.45, 2.75) is 38.0 Å². The second-order valence-corrected chi connectivity index (χ2v) is 4.38. The van der Waals surface area contributed by atoms with E-state index in [1.165, 1.54) is 6.92 Å². The molecular weight excluding hydrogens is 286 g/mol. The van der Waals surface area contributed by atoms with Gasteiger partial charge in [0.05, 0.1) is 12.1 Å².